The third-order valence-corrected chi connectivity index (χ3v) is 2.10. The number of rotatable bonds is 1. The van der Waals surface area contributed by atoms with Crippen LogP contribution in [0, 0.1) is 3.57 Å². The van der Waals surface area contributed by atoms with Crippen LogP contribution >= 0.6 is 22.6 Å². The van der Waals surface area contributed by atoms with Gasteiger partial charge < -0.3 is 10.4 Å². The molecule has 1 aromatic carbocycles. The average Bonchev–Trinajstić information content (AvgIpc) is 1.96. The lowest BCUT2D eigenvalue weighted by molar-refractivity contribution is -0.269. The number of carbonyl (C=O) groups is 1. The van der Waals surface area contributed by atoms with Crippen molar-refractivity contribution in [2.24, 2.45) is 0 Å². The molecule has 1 amide bonds. The summed E-state index contributed by atoms with van der Waals surface area (Å²) in [5, 5.41) is 13.5. The van der Waals surface area contributed by atoms with Crippen molar-refractivity contribution in [1.82, 2.24) is 0 Å². The van der Waals surface area contributed by atoms with Crippen LogP contribution in [0.15, 0.2) is 18.2 Å². The van der Waals surface area contributed by atoms with Crippen molar-refractivity contribution >= 4 is 34.2 Å². The molecule has 0 aromatic heterocycles. The van der Waals surface area contributed by atoms with Crippen LogP contribution in [0.1, 0.15) is 6.92 Å². The maximum absolute atomic E-state index is 10.9. The highest BCUT2D eigenvalue weighted by molar-refractivity contribution is 14.1. The molecule has 0 saturated carbocycles. The van der Waals surface area contributed by atoms with Gasteiger partial charge in [-0.1, -0.05) is 11.8 Å². The van der Waals surface area contributed by atoms with E-state index in [9.17, 15) is 9.90 Å². The maximum Gasteiger partial charge on any atom is 0.221 e. The molecule has 0 radical (unpaired) electrons. The molecule has 0 spiro atoms. The molecule has 0 bridgehead atoms. The topological polar surface area (TPSA) is 52.2 Å². The summed E-state index contributed by atoms with van der Waals surface area (Å²) >= 11 is 1.93. The molecule has 0 fully saturated rings. The van der Waals surface area contributed by atoms with E-state index in [-0.39, 0.29) is 11.7 Å². The summed E-state index contributed by atoms with van der Waals surface area (Å²) in [6.07, 6.45) is 0. The largest absolute Gasteiger partial charge is 0.872 e. The van der Waals surface area contributed by atoms with Crippen LogP contribution < -0.4 is 10.4 Å². The second-order valence-corrected chi connectivity index (χ2v) is 3.49. The molecule has 1 rings (SSSR count). The Hall–Kier alpha value is -0.780. The zero-order valence-corrected chi connectivity index (χ0v) is 8.58. The van der Waals surface area contributed by atoms with Gasteiger partial charge in [-0.25, -0.2) is 0 Å². The molecule has 1 aromatic rings. The van der Waals surface area contributed by atoms with Gasteiger partial charge in [-0.05, 0) is 34.7 Å². The number of halogens is 1. The number of hydrogen-bond acceptors (Lipinski definition) is 2. The second kappa shape index (κ2) is 3.75. The molecule has 0 unspecified atom stereocenters. The van der Waals surface area contributed by atoms with Gasteiger partial charge in [-0.2, -0.15) is 0 Å². The minimum absolute atomic E-state index is 0.0234. The average molecular weight is 276 g/mol. The third-order valence-electron chi connectivity index (χ3n) is 1.25. The van der Waals surface area contributed by atoms with Crippen molar-refractivity contribution in [2.45, 2.75) is 6.92 Å². The highest BCUT2D eigenvalue weighted by Crippen LogP contribution is 2.20. The summed E-state index contributed by atoms with van der Waals surface area (Å²) in [6, 6.07) is 4.67. The molecule has 1 N–H and O–H groups in total. The van der Waals surface area contributed by atoms with E-state index in [1.165, 1.54) is 13.0 Å². The highest BCUT2D eigenvalue weighted by atomic mass is 127. The van der Waals surface area contributed by atoms with Gasteiger partial charge in [0.15, 0.2) is 0 Å². The summed E-state index contributed by atoms with van der Waals surface area (Å²) in [4.78, 5) is 10.6. The van der Waals surface area contributed by atoms with E-state index in [0.29, 0.717) is 9.26 Å². The summed E-state index contributed by atoms with van der Waals surface area (Å²) in [6.45, 7) is 1.43. The minimum atomic E-state index is -0.135. The second-order valence-electron chi connectivity index (χ2n) is 2.33. The molecule has 0 aliphatic heterocycles. The van der Waals surface area contributed by atoms with E-state index < -0.39 is 0 Å². The first-order valence-corrected chi connectivity index (χ1v) is 4.41. The Morgan fingerprint density at radius 3 is 2.75 bits per heavy atom. The van der Waals surface area contributed by atoms with E-state index >= 15 is 0 Å². The fraction of sp³-hybridized carbons (Fsp3) is 0.125. The van der Waals surface area contributed by atoms with Gasteiger partial charge >= 0.3 is 0 Å². The molecule has 0 aliphatic carbocycles. The van der Waals surface area contributed by atoms with Crippen molar-refractivity contribution in [3.05, 3.63) is 21.8 Å². The minimum Gasteiger partial charge on any atom is -0.872 e. The quantitative estimate of drug-likeness (QED) is 0.786. The predicted octanol–water partition coefficient (Wildman–Crippen LogP) is 1.32. The highest BCUT2D eigenvalue weighted by Gasteiger charge is 1.95. The Balaban J connectivity index is 2.89. The van der Waals surface area contributed by atoms with E-state index in [4.69, 9.17) is 0 Å². The van der Waals surface area contributed by atoms with Gasteiger partial charge in [-0.15, -0.1) is 0 Å². The molecule has 64 valence electrons. The molecule has 12 heavy (non-hydrogen) atoms. The fourth-order valence-corrected chi connectivity index (χ4v) is 1.30. The molecule has 0 atom stereocenters. The summed E-state index contributed by atoms with van der Waals surface area (Å²) in [5.74, 6) is -0.158. The Morgan fingerprint density at radius 1 is 1.58 bits per heavy atom. The number of amides is 1. The number of anilines is 1. The first-order chi connectivity index (χ1) is 5.59. The maximum atomic E-state index is 10.9. The van der Waals surface area contributed by atoms with Gasteiger partial charge in [0.25, 0.3) is 0 Å². The van der Waals surface area contributed by atoms with Crippen LogP contribution in [-0.4, -0.2) is 5.91 Å². The van der Waals surface area contributed by atoms with Crippen molar-refractivity contribution in [3.63, 3.8) is 0 Å². The zero-order chi connectivity index (χ0) is 9.14. The SMILES string of the molecule is CC(=O)Nc1ccc([O-])c(I)c1. The summed E-state index contributed by atoms with van der Waals surface area (Å²) in [5.41, 5.74) is 0.659. The van der Waals surface area contributed by atoms with E-state index in [1.807, 2.05) is 22.6 Å². The summed E-state index contributed by atoms with van der Waals surface area (Å²) in [7, 11) is 0. The number of nitrogens with one attached hydrogen (secondary N) is 1. The van der Waals surface area contributed by atoms with Gasteiger partial charge in [0.05, 0.1) is 0 Å². The molecule has 0 aliphatic rings. The smallest absolute Gasteiger partial charge is 0.221 e. The Bertz CT molecular complexity index is 312. The van der Waals surface area contributed by atoms with Crippen LogP contribution in [0.3, 0.4) is 0 Å². The van der Waals surface area contributed by atoms with Crippen molar-refractivity contribution in [3.8, 4) is 5.75 Å². The van der Waals surface area contributed by atoms with Crippen LogP contribution in [0.2, 0.25) is 0 Å². The van der Waals surface area contributed by atoms with Crippen molar-refractivity contribution < 1.29 is 9.90 Å². The zero-order valence-electron chi connectivity index (χ0n) is 6.43. The summed E-state index contributed by atoms with van der Waals surface area (Å²) < 4.78 is 0.610. The molecule has 0 saturated heterocycles. The van der Waals surface area contributed by atoms with Gasteiger partial charge in [-0.3, -0.25) is 4.79 Å². The molecule has 0 heterocycles. The Labute approximate surface area is 83.9 Å². The molecule has 3 nitrogen and oxygen atoms in total. The molecule has 4 heteroatoms. The lowest BCUT2D eigenvalue weighted by Crippen LogP contribution is -2.06. The lowest BCUT2D eigenvalue weighted by atomic mass is 10.3. The Kier molecular flexibility index (Phi) is 2.91. The predicted molar refractivity (Wildman–Crippen MR) is 52.9 cm³/mol. The van der Waals surface area contributed by atoms with Crippen LogP contribution in [0.25, 0.3) is 0 Å². The number of carbonyl (C=O) groups excluding carboxylic acids is 1. The first-order valence-electron chi connectivity index (χ1n) is 3.34. The van der Waals surface area contributed by atoms with Crippen molar-refractivity contribution in [2.75, 3.05) is 5.32 Å². The molecular formula is C8H7INO2-. The van der Waals surface area contributed by atoms with Crippen LogP contribution in [-0.2, 0) is 4.79 Å². The van der Waals surface area contributed by atoms with Gasteiger partial charge in [0, 0.05) is 16.2 Å². The normalized spacial score (nSPS) is 9.50. The van der Waals surface area contributed by atoms with Crippen LogP contribution in [0.4, 0.5) is 5.69 Å². The van der Waals surface area contributed by atoms with E-state index in [2.05, 4.69) is 5.32 Å². The molecular weight excluding hydrogens is 269 g/mol. The number of hydrogen-bond donors (Lipinski definition) is 1. The van der Waals surface area contributed by atoms with E-state index in [0.717, 1.165) is 0 Å². The van der Waals surface area contributed by atoms with E-state index in [1.54, 1.807) is 12.1 Å². The van der Waals surface area contributed by atoms with Gasteiger partial charge in [0.1, 0.15) is 0 Å². The lowest BCUT2D eigenvalue weighted by Gasteiger charge is -2.09. The first kappa shape index (κ1) is 9.31. The third kappa shape index (κ3) is 2.37. The standard InChI is InChI=1S/C8H8INO2/c1-5(11)10-6-2-3-8(12)7(9)4-6/h2-4,12H,1H3,(H,10,11)/p-1. The van der Waals surface area contributed by atoms with Crippen LogP contribution in [0.5, 0.6) is 5.75 Å². The monoisotopic (exact) mass is 276 g/mol. The fourth-order valence-electron chi connectivity index (χ4n) is 0.782. The number of benzene rings is 1. The van der Waals surface area contributed by atoms with Crippen molar-refractivity contribution in [1.29, 1.82) is 0 Å². The van der Waals surface area contributed by atoms with Gasteiger partial charge in [0.2, 0.25) is 5.91 Å². The Morgan fingerprint density at radius 2 is 2.25 bits per heavy atom.